The van der Waals surface area contributed by atoms with Crippen molar-refractivity contribution in [2.24, 2.45) is 22.2 Å². The third kappa shape index (κ3) is 3.47. The summed E-state index contributed by atoms with van der Waals surface area (Å²) in [5.74, 6) is 1.04. The molecule has 4 aliphatic carbocycles. The molecule has 122 valence electrons. The van der Waals surface area contributed by atoms with Crippen molar-refractivity contribution in [2.75, 3.05) is 19.6 Å². The lowest BCUT2D eigenvalue weighted by atomic mass is 9.40. The first-order valence-electron chi connectivity index (χ1n) is 9.26. The van der Waals surface area contributed by atoms with E-state index in [0.717, 1.165) is 19.0 Å². The molecule has 2 atom stereocenters. The molecule has 0 amide bonds. The van der Waals surface area contributed by atoms with Crippen molar-refractivity contribution in [2.45, 2.75) is 78.7 Å². The van der Waals surface area contributed by atoms with Crippen LogP contribution in [0.1, 0.15) is 72.6 Å². The lowest BCUT2D eigenvalue weighted by Crippen LogP contribution is -2.55. The molecule has 0 saturated heterocycles. The zero-order valence-electron chi connectivity index (χ0n) is 14.7. The van der Waals surface area contributed by atoms with E-state index >= 15 is 0 Å². The monoisotopic (exact) mass is 292 g/mol. The molecular formula is C19H36N2. The number of hydrogen-bond acceptors (Lipinski definition) is 2. The average molecular weight is 293 g/mol. The highest BCUT2D eigenvalue weighted by molar-refractivity contribution is 5.10. The summed E-state index contributed by atoms with van der Waals surface area (Å²) in [6.45, 7) is 13.1. The molecule has 4 saturated carbocycles. The van der Waals surface area contributed by atoms with Crippen molar-refractivity contribution in [1.82, 2.24) is 10.6 Å². The normalized spacial score (nSPS) is 44.7. The Hall–Kier alpha value is -0.0800. The molecule has 0 radical (unpaired) electrons. The fraction of sp³-hybridized carbons (Fsp3) is 1.00. The lowest BCUT2D eigenvalue weighted by molar-refractivity contribution is -0.147. The first-order chi connectivity index (χ1) is 9.82. The van der Waals surface area contributed by atoms with Crippen LogP contribution in [0.5, 0.6) is 0 Å². The molecule has 4 bridgehead atoms. The summed E-state index contributed by atoms with van der Waals surface area (Å²) in [6, 6.07) is 0.606. The Balaban J connectivity index is 1.49. The maximum Gasteiger partial charge on any atom is 0.00790 e. The summed E-state index contributed by atoms with van der Waals surface area (Å²) < 4.78 is 0. The molecule has 0 aromatic carbocycles. The molecule has 2 nitrogen and oxygen atoms in total. The second-order valence-corrected chi connectivity index (χ2v) is 9.74. The van der Waals surface area contributed by atoms with Crippen molar-refractivity contribution in [1.29, 1.82) is 0 Å². The van der Waals surface area contributed by atoms with Crippen LogP contribution in [0.3, 0.4) is 0 Å². The minimum absolute atomic E-state index is 0.606. The van der Waals surface area contributed by atoms with Gasteiger partial charge in [-0.25, -0.2) is 0 Å². The van der Waals surface area contributed by atoms with Crippen molar-refractivity contribution < 1.29 is 0 Å². The van der Waals surface area contributed by atoms with E-state index in [1.807, 2.05) is 0 Å². The molecule has 0 spiro atoms. The topological polar surface area (TPSA) is 24.1 Å². The first-order valence-corrected chi connectivity index (χ1v) is 9.26. The van der Waals surface area contributed by atoms with Gasteiger partial charge in [0.15, 0.2) is 0 Å². The molecule has 2 N–H and O–H groups in total. The van der Waals surface area contributed by atoms with Crippen LogP contribution in [0.15, 0.2) is 0 Å². The summed E-state index contributed by atoms with van der Waals surface area (Å²) in [5.41, 5.74) is 2.03. The van der Waals surface area contributed by atoms with E-state index in [9.17, 15) is 0 Å². The Morgan fingerprint density at radius 2 is 1.57 bits per heavy atom. The van der Waals surface area contributed by atoms with Gasteiger partial charge in [-0.2, -0.15) is 0 Å². The zero-order chi connectivity index (χ0) is 15.1. The number of hydrogen-bond donors (Lipinski definition) is 2. The molecule has 0 aromatic heterocycles. The molecule has 21 heavy (non-hydrogen) atoms. The summed E-state index contributed by atoms with van der Waals surface area (Å²) in [4.78, 5) is 0. The highest BCUT2D eigenvalue weighted by Crippen LogP contribution is 2.70. The van der Waals surface area contributed by atoms with Gasteiger partial charge in [-0.3, -0.25) is 0 Å². The predicted molar refractivity (Wildman–Crippen MR) is 90.5 cm³/mol. The van der Waals surface area contributed by atoms with Gasteiger partial charge < -0.3 is 10.6 Å². The molecule has 0 aliphatic heterocycles. The smallest absolute Gasteiger partial charge is 0.00790 e. The quantitative estimate of drug-likeness (QED) is 0.694. The summed E-state index contributed by atoms with van der Waals surface area (Å²) in [6.07, 6.45) is 10.5. The van der Waals surface area contributed by atoms with E-state index in [1.54, 1.807) is 0 Å². The molecule has 4 fully saturated rings. The summed E-state index contributed by atoms with van der Waals surface area (Å²) >= 11 is 0. The lowest BCUT2D eigenvalue weighted by Gasteiger charge is -2.65. The highest BCUT2D eigenvalue weighted by atomic mass is 15.0. The van der Waals surface area contributed by atoms with Crippen molar-refractivity contribution in [3.8, 4) is 0 Å². The summed E-state index contributed by atoms with van der Waals surface area (Å²) in [5, 5.41) is 7.17. The average Bonchev–Trinajstić information content (AvgIpc) is 2.28. The third-order valence-corrected chi connectivity index (χ3v) is 6.43. The Morgan fingerprint density at radius 1 is 0.905 bits per heavy atom. The van der Waals surface area contributed by atoms with Gasteiger partial charge in [0, 0.05) is 19.1 Å². The fourth-order valence-electron chi connectivity index (χ4n) is 6.89. The van der Waals surface area contributed by atoms with Gasteiger partial charge in [0.05, 0.1) is 0 Å². The van der Waals surface area contributed by atoms with Crippen LogP contribution in [0, 0.1) is 22.2 Å². The van der Waals surface area contributed by atoms with Crippen LogP contribution < -0.4 is 10.6 Å². The maximum absolute atomic E-state index is 3.68. The number of nitrogens with one attached hydrogen (secondary N) is 2. The first kappa shape index (κ1) is 15.8. The van der Waals surface area contributed by atoms with Crippen molar-refractivity contribution >= 4 is 0 Å². The van der Waals surface area contributed by atoms with E-state index in [0.29, 0.717) is 22.3 Å². The maximum atomic E-state index is 3.68. The van der Waals surface area contributed by atoms with Gasteiger partial charge in [-0.1, -0.05) is 27.7 Å². The van der Waals surface area contributed by atoms with E-state index in [2.05, 4.69) is 38.3 Å². The van der Waals surface area contributed by atoms with Gasteiger partial charge in [-0.15, -0.1) is 0 Å². The molecule has 4 aliphatic rings. The highest BCUT2D eigenvalue weighted by Gasteiger charge is 2.59. The number of rotatable bonds is 7. The molecular weight excluding hydrogens is 256 g/mol. The van der Waals surface area contributed by atoms with Gasteiger partial charge in [-0.05, 0) is 73.7 Å². The van der Waals surface area contributed by atoms with Crippen LogP contribution in [0.25, 0.3) is 0 Å². The Labute approximate surface area is 131 Å². The van der Waals surface area contributed by atoms with Crippen LogP contribution >= 0.6 is 0 Å². The Bertz CT molecular complexity index is 358. The summed E-state index contributed by atoms with van der Waals surface area (Å²) in [7, 11) is 0. The SMILES string of the molecule is CC(C)NCCNCCC12CC3CC(C)(CC(C)(C3)C1)C2. The standard InChI is InChI=1S/C19H36N2/c1-15(2)21-8-7-20-6-5-19-11-16-9-17(3,13-19)12-18(4,10-16)14-19/h15-16,20-21H,5-14H2,1-4H3. The largest absolute Gasteiger partial charge is 0.315 e. The fourth-order valence-corrected chi connectivity index (χ4v) is 6.89. The van der Waals surface area contributed by atoms with Crippen LogP contribution in [-0.4, -0.2) is 25.7 Å². The minimum atomic E-state index is 0.606. The Kier molecular flexibility index (Phi) is 4.16. The van der Waals surface area contributed by atoms with Gasteiger partial charge in [0.25, 0.3) is 0 Å². The van der Waals surface area contributed by atoms with Crippen LogP contribution in [0.2, 0.25) is 0 Å². The second-order valence-electron chi connectivity index (χ2n) is 9.74. The molecule has 0 aromatic rings. The molecule has 4 rings (SSSR count). The third-order valence-electron chi connectivity index (χ3n) is 6.43. The van der Waals surface area contributed by atoms with E-state index in [1.165, 1.54) is 51.5 Å². The second kappa shape index (κ2) is 5.53. The minimum Gasteiger partial charge on any atom is -0.315 e. The van der Waals surface area contributed by atoms with Crippen molar-refractivity contribution in [3.05, 3.63) is 0 Å². The van der Waals surface area contributed by atoms with Gasteiger partial charge >= 0.3 is 0 Å². The molecule has 2 heteroatoms. The van der Waals surface area contributed by atoms with Crippen LogP contribution in [-0.2, 0) is 0 Å². The van der Waals surface area contributed by atoms with E-state index < -0.39 is 0 Å². The van der Waals surface area contributed by atoms with Gasteiger partial charge in [0.2, 0.25) is 0 Å². The van der Waals surface area contributed by atoms with Crippen molar-refractivity contribution in [3.63, 3.8) is 0 Å². The van der Waals surface area contributed by atoms with Crippen LogP contribution in [0.4, 0.5) is 0 Å². The van der Waals surface area contributed by atoms with Gasteiger partial charge in [0.1, 0.15) is 0 Å². The Morgan fingerprint density at radius 3 is 2.14 bits per heavy atom. The zero-order valence-corrected chi connectivity index (χ0v) is 14.7. The predicted octanol–water partition coefficient (Wildman–Crippen LogP) is 3.96. The molecule has 0 heterocycles. The molecule has 2 unspecified atom stereocenters. The van der Waals surface area contributed by atoms with E-state index in [4.69, 9.17) is 0 Å². The van der Waals surface area contributed by atoms with E-state index in [-0.39, 0.29) is 0 Å².